The van der Waals surface area contributed by atoms with Gasteiger partial charge in [0, 0.05) is 25.4 Å². The molecule has 0 aromatic heterocycles. The third-order valence-corrected chi connectivity index (χ3v) is 4.66. The van der Waals surface area contributed by atoms with E-state index in [-0.39, 0.29) is 17.9 Å². The molecule has 1 aliphatic rings. The molecule has 150 valence electrons. The zero-order chi connectivity index (χ0) is 20.6. The summed E-state index contributed by atoms with van der Waals surface area (Å²) < 4.78 is 11.3. The van der Waals surface area contributed by atoms with Gasteiger partial charge in [0.2, 0.25) is 0 Å². The van der Waals surface area contributed by atoms with Gasteiger partial charge >= 0.3 is 6.09 Å². The zero-order valence-electron chi connectivity index (χ0n) is 17.1. The minimum Gasteiger partial charge on any atom is -0.494 e. The van der Waals surface area contributed by atoms with E-state index in [1.807, 2.05) is 45.0 Å². The van der Waals surface area contributed by atoms with Gasteiger partial charge in [-0.2, -0.15) is 5.26 Å². The summed E-state index contributed by atoms with van der Waals surface area (Å²) in [6.07, 6.45) is 8.73. The Kier molecular flexibility index (Phi) is 7.76. The van der Waals surface area contributed by atoms with Crippen molar-refractivity contribution in [3.8, 4) is 24.2 Å². The van der Waals surface area contributed by atoms with Crippen LogP contribution in [0.3, 0.4) is 0 Å². The summed E-state index contributed by atoms with van der Waals surface area (Å²) in [7, 11) is 0. The summed E-state index contributed by atoms with van der Waals surface area (Å²) in [5.41, 5.74) is 0.466. The highest BCUT2D eigenvalue weighted by Crippen LogP contribution is 2.34. The predicted molar refractivity (Wildman–Crippen MR) is 109 cm³/mol. The lowest BCUT2D eigenvalue weighted by Gasteiger charge is -2.24. The molecule has 0 spiro atoms. The van der Waals surface area contributed by atoms with Crippen molar-refractivity contribution in [2.75, 3.05) is 19.7 Å². The first-order valence-electron chi connectivity index (χ1n) is 9.88. The van der Waals surface area contributed by atoms with E-state index in [4.69, 9.17) is 15.9 Å². The molecule has 1 saturated heterocycles. The second-order valence-electron chi connectivity index (χ2n) is 8.16. The number of unbranched alkanes of at least 4 members (excludes halogenated alkanes) is 3. The molecule has 0 aliphatic carbocycles. The molecule has 1 amide bonds. The summed E-state index contributed by atoms with van der Waals surface area (Å²) in [6, 6.07) is 10.2. The molecule has 0 radical (unpaired) electrons. The van der Waals surface area contributed by atoms with Crippen LogP contribution in [0.4, 0.5) is 4.79 Å². The Labute approximate surface area is 168 Å². The topological polar surface area (TPSA) is 62.6 Å². The number of terminal acetylenes is 1. The lowest BCUT2D eigenvalue weighted by atomic mass is 9.90. The van der Waals surface area contributed by atoms with Gasteiger partial charge in [0.1, 0.15) is 11.4 Å². The predicted octanol–water partition coefficient (Wildman–Crippen LogP) is 4.73. The number of amides is 1. The molecule has 0 bridgehead atoms. The molecule has 0 unspecified atom stereocenters. The molecule has 0 saturated carbocycles. The second kappa shape index (κ2) is 10.0. The molecule has 1 aromatic carbocycles. The number of ether oxygens (including phenoxy) is 2. The van der Waals surface area contributed by atoms with Gasteiger partial charge in [-0.15, -0.1) is 12.3 Å². The van der Waals surface area contributed by atoms with Crippen molar-refractivity contribution < 1.29 is 14.3 Å². The Balaban J connectivity index is 1.97. The molecule has 2 rings (SSSR count). The van der Waals surface area contributed by atoms with Crippen molar-refractivity contribution in [1.29, 1.82) is 5.26 Å². The van der Waals surface area contributed by atoms with Gasteiger partial charge in [-0.1, -0.05) is 12.1 Å². The van der Waals surface area contributed by atoms with E-state index in [2.05, 4.69) is 12.0 Å². The van der Waals surface area contributed by atoms with Crippen LogP contribution < -0.4 is 4.74 Å². The Morgan fingerprint density at radius 1 is 1.29 bits per heavy atom. The quantitative estimate of drug-likeness (QED) is 0.505. The molecule has 0 N–H and O–H groups in total. The smallest absolute Gasteiger partial charge is 0.410 e. The van der Waals surface area contributed by atoms with Crippen molar-refractivity contribution >= 4 is 6.09 Å². The lowest BCUT2D eigenvalue weighted by molar-refractivity contribution is 0.0289. The average Bonchev–Trinajstić information content (AvgIpc) is 3.08. The van der Waals surface area contributed by atoms with E-state index in [1.165, 1.54) is 0 Å². The minimum atomic E-state index is -0.550. The molecule has 1 fully saturated rings. The van der Waals surface area contributed by atoms with Crippen LogP contribution in [0.1, 0.15) is 57.9 Å². The second-order valence-corrected chi connectivity index (χ2v) is 8.16. The number of likely N-dealkylation sites (tertiary alicyclic amines) is 1. The Bertz CT molecular complexity index is 739. The van der Waals surface area contributed by atoms with Gasteiger partial charge in [-0.3, -0.25) is 0 Å². The normalized spacial score (nSPS) is 19.0. The van der Waals surface area contributed by atoms with Crippen LogP contribution in [0.25, 0.3) is 0 Å². The van der Waals surface area contributed by atoms with E-state index < -0.39 is 5.60 Å². The zero-order valence-corrected chi connectivity index (χ0v) is 17.1. The Hall–Kier alpha value is -2.66. The number of hydrogen-bond donors (Lipinski definition) is 0. The number of carbonyl (C=O) groups is 1. The number of nitrogens with zero attached hydrogens (tertiary/aromatic N) is 2. The monoisotopic (exact) mass is 382 g/mol. The first-order chi connectivity index (χ1) is 13.3. The molecule has 1 aromatic rings. The van der Waals surface area contributed by atoms with Crippen molar-refractivity contribution in [2.45, 2.75) is 58.0 Å². The molecule has 5 heteroatoms. The van der Waals surface area contributed by atoms with Gasteiger partial charge in [0.15, 0.2) is 0 Å². The van der Waals surface area contributed by atoms with Crippen LogP contribution in [-0.4, -0.2) is 36.3 Å². The van der Waals surface area contributed by atoms with E-state index in [0.717, 1.165) is 37.0 Å². The number of nitriles is 1. The number of rotatable bonds is 7. The standard InChI is InChI=1S/C23H30N2O3/c1-5-6-7-8-9-13-27-20-12-10-11-18(14-20)21-17-25(16-19(21)15-24)22(26)28-23(2,3)4/h1,10-12,14,19,21H,6-9,13,16-17H2,2-4H3/t19-,21+/m1/s1. The summed E-state index contributed by atoms with van der Waals surface area (Å²) in [5.74, 6) is 3.14. The fourth-order valence-corrected chi connectivity index (χ4v) is 3.28. The molecule has 1 heterocycles. The molecular formula is C23H30N2O3. The Morgan fingerprint density at radius 3 is 2.75 bits per heavy atom. The van der Waals surface area contributed by atoms with Crippen LogP contribution in [0.5, 0.6) is 5.75 Å². The maximum absolute atomic E-state index is 12.4. The third kappa shape index (κ3) is 6.50. The van der Waals surface area contributed by atoms with Gasteiger partial charge in [-0.25, -0.2) is 4.79 Å². The number of benzene rings is 1. The fraction of sp³-hybridized carbons (Fsp3) is 0.565. The van der Waals surface area contributed by atoms with E-state index in [9.17, 15) is 10.1 Å². The molecular weight excluding hydrogens is 352 g/mol. The largest absolute Gasteiger partial charge is 0.494 e. The summed E-state index contributed by atoms with van der Waals surface area (Å²) in [6.45, 7) is 7.03. The lowest BCUT2D eigenvalue weighted by Crippen LogP contribution is -2.35. The first kappa shape index (κ1) is 21.6. The SMILES string of the molecule is C#CCCCCCOc1cccc([C@@H]2CN(C(=O)OC(C)(C)C)C[C@H]2C#N)c1. The van der Waals surface area contributed by atoms with Gasteiger partial charge in [0.25, 0.3) is 0 Å². The van der Waals surface area contributed by atoms with Crippen molar-refractivity contribution in [3.05, 3.63) is 29.8 Å². The van der Waals surface area contributed by atoms with Crippen LogP contribution in [0.15, 0.2) is 24.3 Å². The minimum absolute atomic E-state index is 0.0447. The third-order valence-electron chi connectivity index (χ3n) is 4.66. The van der Waals surface area contributed by atoms with E-state index in [0.29, 0.717) is 19.7 Å². The summed E-state index contributed by atoms with van der Waals surface area (Å²) in [5, 5.41) is 9.57. The number of hydrogen-bond acceptors (Lipinski definition) is 4. The highest BCUT2D eigenvalue weighted by molar-refractivity contribution is 5.69. The summed E-state index contributed by atoms with van der Waals surface area (Å²) >= 11 is 0. The highest BCUT2D eigenvalue weighted by atomic mass is 16.6. The van der Waals surface area contributed by atoms with E-state index >= 15 is 0 Å². The van der Waals surface area contributed by atoms with E-state index in [1.54, 1.807) is 4.90 Å². The van der Waals surface area contributed by atoms with Crippen molar-refractivity contribution in [1.82, 2.24) is 4.90 Å². The summed E-state index contributed by atoms with van der Waals surface area (Å²) in [4.78, 5) is 14.0. The highest BCUT2D eigenvalue weighted by Gasteiger charge is 2.38. The van der Waals surface area contributed by atoms with Gasteiger partial charge < -0.3 is 14.4 Å². The maximum atomic E-state index is 12.4. The average molecular weight is 383 g/mol. The molecule has 5 nitrogen and oxygen atoms in total. The van der Waals surface area contributed by atoms with Crippen LogP contribution in [-0.2, 0) is 4.74 Å². The van der Waals surface area contributed by atoms with Crippen LogP contribution >= 0.6 is 0 Å². The number of carbonyl (C=O) groups excluding carboxylic acids is 1. The molecule has 28 heavy (non-hydrogen) atoms. The Morgan fingerprint density at radius 2 is 2.07 bits per heavy atom. The van der Waals surface area contributed by atoms with Gasteiger partial charge in [-0.05, 0) is 57.7 Å². The molecule has 2 atom stereocenters. The van der Waals surface area contributed by atoms with Gasteiger partial charge in [0.05, 0.1) is 18.6 Å². The molecule has 1 aliphatic heterocycles. The fourth-order valence-electron chi connectivity index (χ4n) is 3.28. The van der Waals surface area contributed by atoms with Crippen molar-refractivity contribution in [3.63, 3.8) is 0 Å². The first-order valence-corrected chi connectivity index (χ1v) is 9.88. The van der Waals surface area contributed by atoms with Crippen LogP contribution in [0.2, 0.25) is 0 Å². The maximum Gasteiger partial charge on any atom is 0.410 e. The van der Waals surface area contributed by atoms with Crippen LogP contribution in [0, 0.1) is 29.6 Å². The van der Waals surface area contributed by atoms with Crippen molar-refractivity contribution in [2.24, 2.45) is 5.92 Å².